The maximum absolute atomic E-state index is 13.1. The third-order valence-corrected chi connectivity index (χ3v) is 4.63. The summed E-state index contributed by atoms with van der Waals surface area (Å²) >= 11 is 0. The molecule has 25 heavy (non-hydrogen) atoms. The molecule has 7 heteroatoms. The van der Waals surface area contributed by atoms with E-state index in [1.165, 1.54) is 25.4 Å². The number of benzene rings is 1. The van der Waals surface area contributed by atoms with Crippen LogP contribution in [0.2, 0.25) is 0 Å². The van der Waals surface area contributed by atoms with Crippen molar-refractivity contribution in [1.29, 1.82) is 0 Å². The Morgan fingerprint density at radius 1 is 1.20 bits per heavy atom. The Balaban J connectivity index is 1.74. The number of nitrogens with zero attached hydrogens (tertiary/aromatic N) is 3. The Kier molecular flexibility index (Phi) is 4.83. The Bertz CT molecular complexity index is 777. The maximum Gasteiger partial charge on any atom is 0.308 e. The smallest absolute Gasteiger partial charge is 0.308 e. The van der Waals surface area contributed by atoms with E-state index in [4.69, 9.17) is 4.74 Å². The molecule has 1 aromatic heterocycles. The minimum atomic E-state index is -0.321. The predicted molar refractivity (Wildman–Crippen MR) is 88.9 cm³/mol. The zero-order valence-corrected chi connectivity index (χ0v) is 14.2. The van der Waals surface area contributed by atoms with E-state index in [9.17, 15) is 14.0 Å². The number of carbonyl (C=O) groups is 2. The van der Waals surface area contributed by atoms with Gasteiger partial charge in [0.1, 0.15) is 5.82 Å². The predicted octanol–water partition coefficient (Wildman–Crippen LogP) is 2.35. The lowest BCUT2D eigenvalue weighted by Gasteiger charge is -2.30. The van der Waals surface area contributed by atoms with Gasteiger partial charge in [-0.05, 0) is 44.0 Å². The molecule has 0 spiro atoms. The second-order valence-corrected chi connectivity index (χ2v) is 6.12. The molecule has 1 fully saturated rings. The molecule has 1 amide bonds. The number of esters is 1. The van der Waals surface area contributed by atoms with E-state index in [0.29, 0.717) is 42.9 Å². The highest BCUT2D eigenvalue weighted by Crippen LogP contribution is 2.22. The van der Waals surface area contributed by atoms with Gasteiger partial charge in [-0.25, -0.2) is 9.07 Å². The number of amides is 1. The summed E-state index contributed by atoms with van der Waals surface area (Å²) in [6.45, 7) is 2.84. The highest BCUT2D eigenvalue weighted by atomic mass is 19.1. The number of hydrogen-bond donors (Lipinski definition) is 0. The number of carbonyl (C=O) groups excluding carboxylic acids is 2. The Morgan fingerprint density at radius 3 is 2.44 bits per heavy atom. The Hall–Kier alpha value is -2.70. The van der Waals surface area contributed by atoms with Gasteiger partial charge in [0.2, 0.25) is 0 Å². The van der Waals surface area contributed by atoms with Crippen molar-refractivity contribution in [2.24, 2.45) is 5.92 Å². The highest BCUT2D eigenvalue weighted by Gasteiger charge is 2.29. The summed E-state index contributed by atoms with van der Waals surface area (Å²) < 4.78 is 19.5. The number of rotatable bonds is 3. The number of hydrogen-bond acceptors (Lipinski definition) is 4. The van der Waals surface area contributed by atoms with Crippen molar-refractivity contribution in [3.05, 3.63) is 47.5 Å². The van der Waals surface area contributed by atoms with Crippen LogP contribution in [0.3, 0.4) is 0 Å². The maximum atomic E-state index is 13.1. The molecular weight excluding hydrogens is 325 g/mol. The second-order valence-electron chi connectivity index (χ2n) is 6.12. The van der Waals surface area contributed by atoms with Gasteiger partial charge in [0.25, 0.3) is 5.91 Å². The Labute approximate surface area is 145 Å². The van der Waals surface area contributed by atoms with Crippen molar-refractivity contribution >= 4 is 11.9 Å². The average molecular weight is 345 g/mol. The minimum absolute atomic E-state index is 0.103. The van der Waals surface area contributed by atoms with Crippen molar-refractivity contribution in [2.75, 3.05) is 20.2 Å². The fourth-order valence-corrected chi connectivity index (χ4v) is 3.12. The summed E-state index contributed by atoms with van der Waals surface area (Å²) in [4.78, 5) is 26.1. The average Bonchev–Trinajstić information content (AvgIpc) is 3.02. The van der Waals surface area contributed by atoms with Crippen molar-refractivity contribution < 1.29 is 18.7 Å². The van der Waals surface area contributed by atoms with Crippen molar-refractivity contribution in [2.45, 2.75) is 19.8 Å². The zero-order valence-electron chi connectivity index (χ0n) is 14.2. The van der Waals surface area contributed by atoms with E-state index >= 15 is 0 Å². The van der Waals surface area contributed by atoms with Crippen LogP contribution in [0.4, 0.5) is 4.39 Å². The third kappa shape index (κ3) is 3.40. The zero-order chi connectivity index (χ0) is 18.0. The first kappa shape index (κ1) is 17.1. The first-order valence-electron chi connectivity index (χ1n) is 8.19. The van der Waals surface area contributed by atoms with E-state index in [-0.39, 0.29) is 23.6 Å². The minimum Gasteiger partial charge on any atom is -0.469 e. The second kappa shape index (κ2) is 7.04. The number of ether oxygens (including phenoxy) is 1. The van der Waals surface area contributed by atoms with Crippen LogP contribution in [0.25, 0.3) is 5.69 Å². The SMILES string of the molecule is COC(=O)C1CCN(C(=O)c2cnn(-c3ccc(F)cc3)c2C)CC1. The van der Waals surface area contributed by atoms with Crippen LogP contribution in [0.5, 0.6) is 0 Å². The molecule has 2 aromatic rings. The molecule has 0 N–H and O–H groups in total. The molecule has 0 unspecified atom stereocenters. The van der Waals surface area contributed by atoms with Gasteiger partial charge in [-0.15, -0.1) is 0 Å². The molecule has 0 atom stereocenters. The van der Waals surface area contributed by atoms with Crippen molar-refractivity contribution in [3.8, 4) is 5.69 Å². The molecule has 6 nitrogen and oxygen atoms in total. The van der Waals surface area contributed by atoms with Crippen molar-refractivity contribution in [1.82, 2.24) is 14.7 Å². The van der Waals surface area contributed by atoms with Crippen LogP contribution in [0, 0.1) is 18.7 Å². The van der Waals surface area contributed by atoms with E-state index in [0.717, 1.165) is 0 Å². The van der Waals surface area contributed by atoms with E-state index in [1.54, 1.807) is 21.7 Å². The van der Waals surface area contributed by atoms with E-state index in [1.807, 2.05) is 6.92 Å². The quantitative estimate of drug-likeness (QED) is 0.801. The van der Waals surface area contributed by atoms with Crippen molar-refractivity contribution in [3.63, 3.8) is 0 Å². The van der Waals surface area contributed by atoms with Crippen LogP contribution in [-0.4, -0.2) is 46.8 Å². The first-order valence-corrected chi connectivity index (χ1v) is 8.19. The topological polar surface area (TPSA) is 64.4 Å². The fraction of sp³-hybridized carbons (Fsp3) is 0.389. The van der Waals surface area contributed by atoms with Crippen LogP contribution in [-0.2, 0) is 9.53 Å². The lowest BCUT2D eigenvalue weighted by Crippen LogP contribution is -2.40. The Morgan fingerprint density at radius 2 is 1.84 bits per heavy atom. The molecule has 1 saturated heterocycles. The molecule has 0 saturated carbocycles. The summed E-state index contributed by atoms with van der Waals surface area (Å²) in [5, 5.41) is 4.26. The lowest BCUT2D eigenvalue weighted by atomic mass is 9.96. The standard InChI is InChI=1S/C18H20FN3O3/c1-12-16(11-20-22(12)15-5-3-14(19)4-6-15)17(23)21-9-7-13(8-10-21)18(24)25-2/h3-6,11,13H,7-10H2,1-2H3. The van der Waals surface area contributed by atoms with E-state index in [2.05, 4.69) is 5.10 Å². The van der Waals surface area contributed by atoms with Gasteiger partial charge < -0.3 is 9.64 Å². The van der Waals surface area contributed by atoms with Crippen LogP contribution < -0.4 is 0 Å². The van der Waals surface area contributed by atoms with Gasteiger partial charge >= 0.3 is 5.97 Å². The summed E-state index contributed by atoms with van der Waals surface area (Å²) in [5.74, 6) is -0.781. The lowest BCUT2D eigenvalue weighted by molar-refractivity contribution is -0.146. The summed E-state index contributed by atoms with van der Waals surface area (Å²) in [7, 11) is 1.38. The molecule has 0 bridgehead atoms. The molecular formula is C18H20FN3O3. The number of halogens is 1. The largest absolute Gasteiger partial charge is 0.469 e. The number of piperidine rings is 1. The van der Waals surface area contributed by atoms with E-state index < -0.39 is 0 Å². The monoisotopic (exact) mass is 345 g/mol. The summed E-state index contributed by atoms with van der Waals surface area (Å²) in [6, 6.07) is 5.95. The summed E-state index contributed by atoms with van der Waals surface area (Å²) in [6.07, 6.45) is 2.74. The van der Waals surface area contributed by atoms with Gasteiger partial charge in [0.05, 0.1) is 36.2 Å². The molecule has 1 aliphatic heterocycles. The van der Waals surface area contributed by atoms with Gasteiger partial charge in [0, 0.05) is 13.1 Å². The first-order chi connectivity index (χ1) is 12.0. The van der Waals surface area contributed by atoms with Gasteiger partial charge in [-0.3, -0.25) is 9.59 Å². The molecule has 132 valence electrons. The van der Waals surface area contributed by atoms with Gasteiger partial charge in [-0.2, -0.15) is 5.10 Å². The number of aromatic nitrogens is 2. The molecule has 3 rings (SSSR count). The highest BCUT2D eigenvalue weighted by molar-refractivity contribution is 5.95. The molecule has 2 heterocycles. The van der Waals surface area contributed by atoms with Gasteiger partial charge in [-0.1, -0.05) is 0 Å². The third-order valence-electron chi connectivity index (χ3n) is 4.63. The normalized spacial score (nSPS) is 15.2. The van der Waals surface area contributed by atoms with Crippen LogP contribution >= 0.6 is 0 Å². The molecule has 1 aromatic carbocycles. The summed E-state index contributed by atoms with van der Waals surface area (Å²) in [5.41, 5.74) is 1.91. The number of likely N-dealkylation sites (tertiary alicyclic amines) is 1. The van der Waals surface area contributed by atoms with Crippen LogP contribution in [0.15, 0.2) is 30.5 Å². The number of methoxy groups -OCH3 is 1. The van der Waals surface area contributed by atoms with Gasteiger partial charge in [0.15, 0.2) is 0 Å². The molecule has 0 aliphatic carbocycles. The molecule has 0 radical (unpaired) electrons. The fourth-order valence-electron chi connectivity index (χ4n) is 3.12. The van der Waals surface area contributed by atoms with Crippen LogP contribution in [0.1, 0.15) is 28.9 Å². The molecule has 1 aliphatic rings.